The maximum absolute atomic E-state index is 3.35. The Balaban J connectivity index is 0.000000191. The summed E-state index contributed by atoms with van der Waals surface area (Å²) in [7, 11) is 0. The van der Waals surface area contributed by atoms with Gasteiger partial charge in [-0.15, -0.1) is 39.7 Å². The first kappa shape index (κ1) is 41.8. The Morgan fingerprint density at radius 3 is 1.48 bits per heavy atom. The van der Waals surface area contributed by atoms with E-state index in [1.807, 2.05) is 0 Å². The van der Waals surface area contributed by atoms with E-state index < -0.39 is 0 Å². The molecule has 0 aromatic heterocycles. The summed E-state index contributed by atoms with van der Waals surface area (Å²) in [4.78, 5) is 0. The van der Waals surface area contributed by atoms with Gasteiger partial charge >= 0.3 is 99.2 Å². The number of rotatable bonds is 3. The minimum atomic E-state index is 0. The average molecular weight is 803 g/mol. The summed E-state index contributed by atoms with van der Waals surface area (Å²) in [5.41, 5.74) is 13.3. The molecule has 0 saturated heterocycles. The number of hydrogen-bond donors (Lipinski definition) is 0. The Labute approximate surface area is 340 Å². The van der Waals surface area contributed by atoms with E-state index in [9.17, 15) is 0 Å². The van der Waals surface area contributed by atoms with Crippen molar-refractivity contribution in [2.45, 2.75) is 86.5 Å². The van der Waals surface area contributed by atoms with Crippen molar-refractivity contribution in [3.8, 4) is 0 Å². The van der Waals surface area contributed by atoms with E-state index in [4.69, 9.17) is 0 Å². The van der Waals surface area contributed by atoms with E-state index in [0.717, 1.165) is 0 Å². The van der Waals surface area contributed by atoms with Crippen LogP contribution in [0.5, 0.6) is 0 Å². The fourth-order valence-electron chi connectivity index (χ4n) is 7.81. The number of allylic oxidation sites excluding steroid dienone is 8. The van der Waals surface area contributed by atoms with Crippen LogP contribution >= 0.6 is 0 Å². The SMILES string of the molecule is CC1=CC(C)(C)c2cc3[cH-]c4cc5c(cc4c3cc21)C(C)=CC5(C)C.CCC1[C-]=CC(C(C)(C)C)=C1.[Cl-].[Cl-].[Zr+2]=[C](c1ccccc1)c1ccccc1. The monoisotopic (exact) mass is 800 g/mol. The van der Waals surface area contributed by atoms with E-state index in [1.165, 1.54) is 106 Å². The molecule has 0 fully saturated rings. The van der Waals surface area contributed by atoms with Crippen molar-refractivity contribution in [1.82, 2.24) is 0 Å². The zero-order valence-electron chi connectivity index (χ0n) is 32.5. The number of hydrogen-bond acceptors (Lipinski definition) is 0. The van der Waals surface area contributed by atoms with Crippen LogP contribution in [0.1, 0.15) is 109 Å². The van der Waals surface area contributed by atoms with Crippen molar-refractivity contribution in [2.75, 3.05) is 0 Å². The van der Waals surface area contributed by atoms with Gasteiger partial charge in [-0.1, -0.05) is 109 Å². The summed E-state index contributed by atoms with van der Waals surface area (Å²) >= 11 is 1.46. The molecule has 0 nitrogen and oxygen atoms in total. The van der Waals surface area contributed by atoms with Crippen LogP contribution in [-0.4, -0.2) is 3.21 Å². The minimum absolute atomic E-state index is 0. The summed E-state index contributed by atoms with van der Waals surface area (Å²) in [5, 5.41) is 5.57. The first-order chi connectivity index (χ1) is 23.6. The van der Waals surface area contributed by atoms with Gasteiger partial charge in [-0.05, 0) is 36.1 Å². The summed E-state index contributed by atoms with van der Waals surface area (Å²) in [5.74, 6) is 0.573. The van der Waals surface area contributed by atoms with E-state index in [-0.39, 0.29) is 35.6 Å². The molecule has 52 heavy (non-hydrogen) atoms. The summed E-state index contributed by atoms with van der Waals surface area (Å²) in [6, 6.07) is 33.2. The molecule has 1 atom stereocenters. The standard InChI is InChI=1S/C25H25.C13H10.C11H17.2ClH.Zr/c1-14-12-24(3,4)22-8-16-7-17-9-23-19(15(2)13-25(23,5)6)11-21(17)20(16)10-18(14)22;1-3-7-12(8-4-1)11-13-9-5-2-6-10-13;1-5-9-6-7-10(8-9)11(2,3)4;;;/h7-13H,1-6H3;1-10H;7-9H,5H2,1-4H3;2*1H;/q-1;;-1;;;+2/p-2. The fourth-order valence-corrected chi connectivity index (χ4v) is 8.63. The molecule has 8 rings (SSSR count). The van der Waals surface area contributed by atoms with E-state index in [1.54, 1.807) is 0 Å². The molecule has 0 amide bonds. The normalized spacial score (nSPS) is 17.3. The van der Waals surface area contributed by atoms with Crippen LogP contribution in [0.15, 0.2) is 121 Å². The maximum atomic E-state index is 3.35. The zero-order chi connectivity index (χ0) is 36.0. The van der Waals surface area contributed by atoms with Crippen LogP contribution in [0.3, 0.4) is 0 Å². The molecular formula is C49H52Cl2Zr-2. The van der Waals surface area contributed by atoms with Crippen LogP contribution in [0.4, 0.5) is 0 Å². The molecule has 0 saturated carbocycles. The van der Waals surface area contributed by atoms with Gasteiger partial charge in [-0.2, -0.15) is 11.6 Å². The molecule has 0 N–H and O–H groups in total. The van der Waals surface area contributed by atoms with Crippen molar-refractivity contribution >= 4 is 35.9 Å². The van der Waals surface area contributed by atoms with E-state index in [2.05, 4.69) is 191 Å². The van der Waals surface area contributed by atoms with Gasteiger partial charge in [0.25, 0.3) is 0 Å². The molecule has 0 heterocycles. The third-order valence-electron chi connectivity index (χ3n) is 10.6. The second-order valence-electron chi connectivity index (χ2n) is 16.5. The van der Waals surface area contributed by atoms with Crippen LogP contribution in [-0.2, 0) is 35.1 Å². The van der Waals surface area contributed by atoms with Gasteiger partial charge < -0.3 is 24.8 Å². The molecule has 3 aliphatic rings. The number of fused-ring (bicyclic) bond motifs is 5. The molecule has 5 aromatic carbocycles. The molecule has 5 aromatic rings. The van der Waals surface area contributed by atoms with Gasteiger partial charge in [0, 0.05) is 10.8 Å². The van der Waals surface area contributed by atoms with Gasteiger partial charge in [0.1, 0.15) is 0 Å². The molecule has 0 spiro atoms. The van der Waals surface area contributed by atoms with Crippen molar-refractivity contribution in [2.24, 2.45) is 11.3 Å². The third kappa shape index (κ3) is 8.54. The number of halogens is 2. The van der Waals surface area contributed by atoms with Crippen LogP contribution in [0.2, 0.25) is 0 Å². The van der Waals surface area contributed by atoms with Crippen LogP contribution in [0.25, 0.3) is 32.7 Å². The first-order valence-electron chi connectivity index (χ1n) is 18.2. The van der Waals surface area contributed by atoms with E-state index in [0.29, 0.717) is 11.3 Å². The second-order valence-corrected chi connectivity index (χ2v) is 17.7. The number of benzene rings is 4. The van der Waals surface area contributed by atoms with Gasteiger partial charge in [-0.3, -0.25) is 6.08 Å². The van der Waals surface area contributed by atoms with Gasteiger partial charge in [-0.25, -0.2) is 6.08 Å². The second kappa shape index (κ2) is 16.2. The topological polar surface area (TPSA) is 0 Å². The van der Waals surface area contributed by atoms with Crippen molar-refractivity contribution < 1.29 is 49.0 Å². The molecule has 268 valence electrons. The predicted octanol–water partition coefficient (Wildman–Crippen LogP) is 7.27. The summed E-state index contributed by atoms with van der Waals surface area (Å²) in [6.07, 6.45) is 13.8. The molecule has 3 heteroatoms. The van der Waals surface area contributed by atoms with E-state index >= 15 is 0 Å². The Kier molecular flexibility index (Phi) is 13.0. The fraction of sp³-hybridized carbons (Fsp3) is 0.306. The average Bonchev–Trinajstić information content (AvgIpc) is 3.82. The van der Waals surface area contributed by atoms with Crippen molar-refractivity contribution in [3.05, 3.63) is 160 Å². The first-order valence-corrected chi connectivity index (χ1v) is 19.4. The van der Waals surface area contributed by atoms with Crippen molar-refractivity contribution in [3.63, 3.8) is 0 Å². The quantitative estimate of drug-likeness (QED) is 0.169. The molecular weight excluding hydrogens is 751 g/mol. The summed E-state index contributed by atoms with van der Waals surface area (Å²) < 4.78 is 1.42. The molecule has 0 radical (unpaired) electrons. The Hall–Kier alpha value is -2.96. The predicted molar refractivity (Wildman–Crippen MR) is 216 cm³/mol. The van der Waals surface area contributed by atoms with Crippen LogP contribution < -0.4 is 24.8 Å². The Morgan fingerprint density at radius 1 is 0.712 bits per heavy atom. The van der Waals surface area contributed by atoms with Gasteiger partial charge in [0.2, 0.25) is 0 Å². The zero-order valence-corrected chi connectivity index (χ0v) is 36.5. The van der Waals surface area contributed by atoms with Crippen molar-refractivity contribution in [1.29, 1.82) is 0 Å². The molecule has 3 aliphatic carbocycles. The third-order valence-corrected chi connectivity index (χ3v) is 12.1. The summed E-state index contributed by atoms with van der Waals surface area (Å²) in [6.45, 7) is 22.7. The van der Waals surface area contributed by atoms with Gasteiger partial charge in [0.05, 0.1) is 0 Å². The Morgan fingerprint density at radius 2 is 1.13 bits per heavy atom. The van der Waals surface area contributed by atoms with Crippen LogP contribution in [0, 0.1) is 17.4 Å². The molecule has 1 unspecified atom stereocenters. The molecule has 0 bridgehead atoms. The Bertz CT molecular complexity index is 2060. The van der Waals surface area contributed by atoms with Gasteiger partial charge in [0.15, 0.2) is 0 Å². The molecule has 0 aliphatic heterocycles.